The van der Waals surface area contributed by atoms with Gasteiger partial charge in [-0.05, 0) is 31.4 Å². The number of nitrogens with zero attached hydrogens (tertiary/aromatic N) is 2. The molecule has 1 aromatic carbocycles. The molecule has 0 radical (unpaired) electrons. The third-order valence-corrected chi connectivity index (χ3v) is 4.20. The van der Waals surface area contributed by atoms with Crippen molar-refractivity contribution in [3.05, 3.63) is 52.2 Å². The van der Waals surface area contributed by atoms with Crippen LogP contribution in [0.15, 0.2) is 41.6 Å². The first-order valence-electron chi connectivity index (χ1n) is 7.70. The summed E-state index contributed by atoms with van der Waals surface area (Å²) in [4.78, 5) is 38.9. The summed E-state index contributed by atoms with van der Waals surface area (Å²) >= 11 is 1.29. The zero-order valence-corrected chi connectivity index (χ0v) is 15.6. The third-order valence-electron chi connectivity index (χ3n) is 3.49. The lowest BCUT2D eigenvalue weighted by Gasteiger charge is -2.15. The number of nitrogens with one attached hydrogen (secondary N) is 1. The molecule has 0 aliphatic heterocycles. The molecule has 1 heterocycles. The van der Waals surface area contributed by atoms with Crippen LogP contribution >= 0.6 is 11.8 Å². The van der Waals surface area contributed by atoms with E-state index in [2.05, 4.69) is 10.3 Å². The van der Waals surface area contributed by atoms with Gasteiger partial charge in [0.05, 0.1) is 29.4 Å². The monoisotopic (exact) mass is 391 g/mol. The smallest absolute Gasteiger partial charge is 0.341 e. The summed E-state index contributed by atoms with van der Waals surface area (Å²) in [6, 6.07) is 6.92. The Morgan fingerprint density at radius 1 is 1.33 bits per heavy atom. The van der Waals surface area contributed by atoms with Gasteiger partial charge in [0, 0.05) is 12.3 Å². The molecular formula is C17H17N3O6S. The molecule has 1 N–H and O–H groups in total. The molecule has 9 nitrogen and oxygen atoms in total. The Hall–Kier alpha value is -3.14. The molecule has 0 unspecified atom stereocenters. The fourth-order valence-electron chi connectivity index (χ4n) is 2.12. The van der Waals surface area contributed by atoms with E-state index in [0.717, 1.165) is 0 Å². The van der Waals surface area contributed by atoms with Crippen molar-refractivity contribution >= 4 is 35.0 Å². The standard InChI is InChI=1S/C17H17N3O6S/c1-10(26-17(22)12-5-4-8-18-16(12)27-3)15(21)19-13-7-6-11(20(23)24)9-14(13)25-2/h4-10H,1-3H3,(H,19,21)/t10-/m0/s1. The molecule has 1 atom stereocenters. The number of aromatic nitrogens is 1. The summed E-state index contributed by atoms with van der Waals surface area (Å²) in [6.45, 7) is 1.42. The van der Waals surface area contributed by atoms with Gasteiger partial charge in [0.1, 0.15) is 10.8 Å². The molecule has 0 bridgehead atoms. The summed E-state index contributed by atoms with van der Waals surface area (Å²) in [5.41, 5.74) is 0.310. The number of pyridine rings is 1. The number of carbonyl (C=O) groups excluding carboxylic acids is 2. The Bertz CT molecular complexity index is 873. The minimum Gasteiger partial charge on any atom is -0.494 e. The summed E-state index contributed by atoms with van der Waals surface area (Å²) < 4.78 is 10.3. The summed E-state index contributed by atoms with van der Waals surface area (Å²) in [5.74, 6) is -1.16. The number of carbonyl (C=O) groups is 2. The van der Waals surface area contributed by atoms with E-state index in [0.29, 0.717) is 5.03 Å². The molecule has 0 saturated heterocycles. The highest BCUT2D eigenvalue weighted by Crippen LogP contribution is 2.29. The van der Waals surface area contributed by atoms with E-state index < -0.39 is 22.9 Å². The predicted octanol–water partition coefficient (Wildman–Crippen LogP) is 2.90. The molecule has 1 amide bonds. The van der Waals surface area contributed by atoms with Crippen molar-refractivity contribution < 1.29 is 24.0 Å². The molecule has 27 heavy (non-hydrogen) atoms. The van der Waals surface area contributed by atoms with Crippen molar-refractivity contribution in [2.24, 2.45) is 0 Å². The average Bonchev–Trinajstić information content (AvgIpc) is 2.67. The molecular weight excluding hydrogens is 374 g/mol. The van der Waals surface area contributed by atoms with E-state index in [1.807, 2.05) is 0 Å². The number of methoxy groups -OCH3 is 1. The van der Waals surface area contributed by atoms with Crippen molar-refractivity contribution in [2.75, 3.05) is 18.7 Å². The van der Waals surface area contributed by atoms with Crippen LogP contribution < -0.4 is 10.1 Å². The Morgan fingerprint density at radius 3 is 2.70 bits per heavy atom. The molecule has 0 aliphatic rings. The van der Waals surface area contributed by atoms with E-state index >= 15 is 0 Å². The van der Waals surface area contributed by atoms with Crippen molar-refractivity contribution in [1.29, 1.82) is 0 Å². The van der Waals surface area contributed by atoms with Crippen LogP contribution in [-0.2, 0) is 9.53 Å². The fourth-order valence-corrected chi connectivity index (χ4v) is 2.66. The normalized spacial score (nSPS) is 11.4. The number of esters is 1. The second kappa shape index (κ2) is 8.99. The number of hydrogen-bond acceptors (Lipinski definition) is 8. The van der Waals surface area contributed by atoms with E-state index in [4.69, 9.17) is 9.47 Å². The number of nitro benzene ring substituents is 1. The zero-order chi connectivity index (χ0) is 20.0. The number of ether oxygens (including phenoxy) is 2. The number of thioether (sulfide) groups is 1. The lowest BCUT2D eigenvalue weighted by atomic mass is 10.2. The maximum atomic E-state index is 12.3. The number of nitro groups is 1. The maximum absolute atomic E-state index is 12.3. The molecule has 0 aliphatic carbocycles. The highest BCUT2D eigenvalue weighted by atomic mass is 32.2. The predicted molar refractivity (Wildman–Crippen MR) is 99.2 cm³/mol. The number of hydrogen-bond donors (Lipinski definition) is 1. The fraction of sp³-hybridized carbons (Fsp3) is 0.235. The van der Waals surface area contributed by atoms with Gasteiger partial charge >= 0.3 is 5.97 Å². The van der Waals surface area contributed by atoms with Gasteiger partial charge < -0.3 is 14.8 Å². The van der Waals surface area contributed by atoms with Gasteiger partial charge in [0.2, 0.25) is 0 Å². The van der Waals surface area contributed by atoms with Crippen LogP contribution in [0.2, 0.25) is 0 Å². The van der Waals surface area contributed by atoms with Gasteiger partial charge in [-0.1, -0.05) is 0 Å². The van der Waals surface area contributed by atoms with Gasteiger partial charge in [-0.25, -0.2) is 9.78 Å². The SMILES string of the molecule is COc1cc([N+](=O)[O-])ccc1NC(=O)[C@H](C)OC(=O)c1cccnc1SC. The average molecular weight is 391 g/mol. The molecule has 0 saturated carbocycles. The molecule has 2 aromatic rings. The summed E-state index contributed by atoms with van der Waals surface area (Å²) in [7, 11) is 1.32. The van der Waals surface area contributed by atoms with Crippen molar-refractivity contribution in [3.63, 3.8) is 0 Å². The maximum Gasteiger partial charge on any atom is 0.341 e. The second-order valence-electron chi connectivity index (χ2n) is 5.24. The van der Waals surface area contributed by atoms with Crippen molar-refractivity contribution in [3.8, 4) is 5.75 Å². The van der Waals surface area contributed by atoms with Crippen LogP contribution in [0.25, 0.3) is 0 Å². The van der Waals surface area contributed by atoms with Crippen LogP contribution in [0.4, 0.5) is 11.4 Å². The van der Waals surface area contributed by atoms with Gasteiger partial charge in [-0.15, -0.1) is 11.8 Å². The van der Waals surface area contributed by atoms with E-state index in [1.54, 1.807) is 24.6 Å². The van der Waals surface area contributed by atoms with E-state index in [9.17, 15) is 19.7 Å². The number of anilines is 1. The molecule has 1 aromatic heterocycles. The van der Waals surface area contributed by atoms with Gasteiger partial charge in [0.25, 0.3) is 11.6 Å². The van der Waals surface area contributed by atoms with Crippen LogP contribution in [0.5, 0.6) is 5.75 Å². The lowest BCUT2D eigenvalue weighted by molar-refractivity contribution is -0.384. The van der Waals surface area contributed by atoms with Crippen molar-refractivity contribution in [2.45, 2.75) is 18.1 Å². The van der Waals surface area contributed by atoms with E-state index in [-0.39, 0.29) is 22.7 Å². The van der Waals surface area contributed by atoms with Crippen molar-refractivity contribution in [1.82, 2.24) is 4.98 Å². The molecule has 10 heteroatoms. The molecule has 0 fully saturated rings. The Kier molecular flexibility index (Phi) is 6.72. The van der Waals surface area contributed by atoms with Crippen LogP contribution in [0, 0.1) is 10.1 Å². The first kappa shape index (κ1) is 20.2. The molecule has 142 valence electrons. The van der Waals surface area contributed by atoms with Gasteiger partial charge in [-0.3, -0.25) is 14.9 Å². The quantitative estimate of drug-likeness (QED) is 0.331. The number of amides is 1. The third kappa shape index (κ3) is 4.94. The minimum atomic E-state index is -1.10. The van der Waals surface area contributed by atoms with Gasteiger partial charge in [0.15, 0.2) is 6.10 Å². The summed E-state index contributed by atoms with van der Waals surface area (Å²) in [6.07, 6.45) is 2.22. The number of benzene rings is 1. The highest BCUT2D eigenvalue weighted by molar-refractivity contribution is 7.98. The van der Waals surface area contributed by atoms with Crippen LogP contribution in [0.1, 0.15) is 17.3 Å². The second-order valence-corrected chi connectivity index (χ2v) is 6.03. The highest BCUT2D eigenvalue weighted by Gasteiger charge is 2.22. The Labute approximate surface area is 159 Å². The first-order valence-corrected chi connectivity index (χ1v) is 8.93. The molecule has 0 spiro atoms. The van der Waals surface area contributed by atoms with Gasteiger partial charge in [-0.2, -0.15) is 0 Å². The summed E-state index contributed by atoms with van der Waals surface area (Å²) in [5, 5.41) is 13.8. The topological polar surface area (TPSA) is 121 Å². The minimum absolute atomic E-state index is 0.119. The zero-order valence-electron chi connectivity index (χ0n) is 14.8. The Balaban J connectivity index is 2.09. The first-order chi connectivity index (χ1) is 12.9. The number of non-ortho nitro benzene ring substituents is 1. The largest absolute Gasteiger partial charge is 0.494 e. The Morgan fingerprint density at radius 2 is 2.07 bits per heavy atom. The number of rotatable bonds is 7. The van der Waals surface area contributed by atoms with E-state index in [1.165, 1.54) is 44.0 Å². The lowest BCUT2D eigenvalue weighted by Crippen LogP contribution is -2.30. The van der Waals surface area contributed by atoms with Crippen LogP contribution in [0.3, 0.4) is 0 Å². The molecule has 2 rings (SSSR count). The van der Waals surface area contributed by atoms with Crippen LogP contribution in [-0.4, -0.2) is 41.3 Å².